The number of aromatic amines is 1. The Morgan fingerprint density at radius 3 is 2.58 bits per heavy atom. The van der Waals surface area contributed by atoms with Crippen molar-refractivity contribution in [2.75, 3.05) is 50.8 Å². The first-order valence-electron chi connectivity index (χ1n) is 22.6. The number of nitrogens with zero attached hydrogens (tertiary/aromatic N) is 4. The minimum atomic E-state index is -4.63. The summed E-state index contributed by atoms with van der Waals surface area (Å²) in [6.07, 6.45) is 12.4. The summed E-state index contributed by atoms with van der Waals surface area (Å²) in [6, 6.07) is 19.1. The van der Waals surface area contributed by atoms with Crippen molar-refractivity contribution in [1.82, 2.24) is 19.6 Å². The zero-order valence-electron chi connectivity index (χ0n) is 36.8. The van der Waals surface area contributed by atoms with E-state index in [4.69, 9.17) is 25.8 Å². The maximum Gasteiger partial charge on any atom is 0.277 e. The lowest BCUT2D eigenvalue weighted by atomic mass is 9.72. The Hall–Kier alpha value is -5.48. The van der Waals surface area contributed by atoms with E-state index in [2.05, 4.69) is 50.5 Å². The van der Waals surface area contributed by atoms with Crippen molar-refractivity contribution in [3.63, 3.8) is 0 Å². The van der Waals surface area contributed by atoms with E-state index < -0.39 is 25.7 Å². The van der Waals surface area contributed by atoms with Gasteiger partial charge in [0.05, 0.1) is 46.5 Å². The van der Waals surface area contributed by atoms with Crippen molar-refractivity contribution in [3.05, 3.63) is 117 Å². The van der Waals surface area contributed by atoms with E-state index in [-0.39, 0.29) is 46.8 Å². The van der Waals surface area contributed by atoms with Crippen LogP contribution in [0.2, 0.25) is 5.02 Å². The van der Waals surface area contributed by atoms with Gasteiger partial charge in [0.1, 0.15) is 22.9 Å². The summed E-state index contributed by atoms with van der Waals surface area (Å²) in [4.78, 5) is 37.6. The van der Waals surface area contributed by atoms with Gasteiger partial charge in [0.2, 0.25) is 0 Å². The quantitative estimate of drug-likeness (QED) is 0.0852. The van der Waals surface area contributed by atoms with E-state index in [1.54, 1.807) is 30.5 Å². The summed E-state index contributed by atoms with van der Waals surface area (Å²) < 4.78 is 48.5. The number of allylic oxidation sites excluding steroid dienone is 1. The molecule has 0 unspecified atom stereocenters. The van der Waals surface area contributed by atoms with Crippen LogP contribution < -0.4 is 19.1 Å². The standard InChI is InChI=1S/C49H55ClN6O8S/c1-49(2)16-14-35(43(27-49)33-8-10-36(50)11-9-33)29-54-18-20-55(21-19-54)37-12-13-41(46(24-37)64-39-23-34-15-17-51-47(34)52-28-39)48(57)53-65(60,61)40-25-44(56(58)59)42-22-32(31-63-45(42)26-40)30-62-38-6-4-3-5-7-38/h8-13,15,17,23-26,28,32,38H,3-7,14,16,18-22,27,29-31H2,1-2H3,(H,51,52)(H,53,57)/t32-/m0/s1. The minimum Gasteiger partial charge on any atom is -0.493 e. The molecule has 16 heteroatoms. The second-order valence-electron chi connectivity index (χ2n) is 18.6. The van der Waals surface area contributed by atoms with Gasteiger partial charge in [-0.15, -0.1) is 0 Å². The number of pyridine rings is 1. The van der Waals surface area contributed by atoms with Crippen molar-refractivity contribution in [1.29, 1.82) is 0 Å². The van der Waals surface area contributed by atoms with Crippen LogP contribution >= 0.6 is 11.6 Å². The number of piperazine rings is 1. The van der Waals surface area contributed by atoms with E-state index in [0.29, 0.717) is 30.0 Å². The number of carbonyl (C=O) groups is 1. The van der Waals surface area contributed by atoms with Crippen molar-refractivity contribution < 1.29 is 32.3 Å². The highest BCUT2D eigenvalue weighted by atomic mass is 35.5. The van der Waals surface area contributed by atoms with Crippen LogP contribution in [0.25, 0.3) is 16.6 Å². The molecule has 1 atom stereocenters. The van der Waals surface area contributed by atoms with Gasteiger partial charge in [-0.1, -0.05) is 62.4 Å². The second kappa shape index (κ2) is 18.8. The number of aromatic nitrogens is 2. The number of benzene rings is 3. The van der Waals surface area contributed by atoms with Gasteiger partial charge < -0.3 is 24.1 Å². The number of nitrogens with one attached hydrogen (secondary N) is 2. The lowest BCUT2D eigenvalue weighted by Gasteiger charge is -2.39. The third-order valence-corrected chi connectivity index (χ3v) is 14.9. The maximum absolute atomic E-state index is 14.1. The Labute approximate surface area is 384 Å². The molecular formula is C49H55ClN6O8S. The smallest absolute Gasteiger partial charge is 0.277 e. The fourth-order valence-electron chi connectivity index (χ4n) is 9.64. The molecule has 2 fully saturated rings. The van der Waals surface area contributed by atoms with Crippen LogP contribution in [0.1, 0.15) is 86.7 Å². The van der Waals surface area contributed by atoms with Gasteiger partial charge in [-0.2, -0.15) is 0 Å². The van der Waals surface area contributed by atoms with Crippen LogP contribution in [0, 0.1) is 21.4 Å². The molecule has 1 saturated carbocycles. The number of nitro benzene ring substituents is 1. The fraction of sp³-hybridized carbons (Fsp3) is 0.429. The van der Waals surface area contributed by atoms with Crippen molar-refractivity contribution in [2.45, 2.75) is 82.6 Å². The molecule has 2 aliphatic heterocycles. The van der Waals surface area contributed by atoms with Gasteiger partial charge in [0.25, 0.3) is 21.6 Å². The molecule has 0 bridgehead atoms. The normalized spacial score (nSPS) is 19.4. The molecule has 0 radical (unpaired) electrons. The molecule has 4 heterocycles. The lowest BCUT2D eigenvalue weighted by molar-refractivity contribution is -0.386. The fourth-order valence-corrected chi connectivity index (χ4v) is 10.8. The molecule has 342 valence electrons. The molecule has 9 rings (SSSR count). The molecule has 2 aliphatic carbocycles. The van der Waals surface area contributed by atoms with Gasteiger partial charge in [-0.05, 0) is 91.5 Å². The van der Waals surface area contributed by atoms with Crippen LogP contribution in [0.15, 0.2) is 89.6 Å². The number of hydrogen-bond donors (Lipinski definition) is 2. The summed E-state index contributed by atoms with van der Waals surface area (Å²) in [5.41, 5.74) is 5.67. The van der Waals surface area contributed by atoms with Crippen LogP contribution in [-0.2, 0) is 21.2 Å². The van der Waals surface area contributed by atoms with Crippen molar-refractivity contribution in [2.24, 2.45) is 11.3 Å². The number of carbonyl (C=O) groups excluding carboxylic acids is 1. The summed E-state index contributed by atoms with van der Waals surface area (Å²) in [5.74, 6) is -0.513. The molecule has 65 heavy (non-hydrogen) atoms. The Bertz CT molecular complexity index is 2720. The monoisotopic (exact) mass is 922 g/mol. The molecule has 2 aromatic heterocycles. The molecule has 1 saturated heterocycles. The number of H-pyrrole nitrogens is 1. The molecule has 0 spiro atoms. The van der Waals surface area contributed by atoms with E-state index in [1.165, 1.54) is 35.4 Å². The van der Waals surface area contributed by atoms with Gasteiger partial charge in [0, 0.05) is 79.1 Å². The Balaban J connectivity index is 0.928. The summed E-state index contributed by atoms with van der Waals surface area (Å²) in [7, 11) is -4.63. The van der Waals surface area contributed by atoms with Gasteiger partial charge in [0.15, 0.2) is 0 Å². The van der Waals surface area contributed by atoms with Crippen molar-refractivity contribution in [3.8, 4) is 17.2 Å². The van der Waals surface area contributed by atoms with Crippen LogP contribution in [0.4, 0.5) is 11.4 Å². The molecule has 5 aromatic rings. The first-order chi connectivity index (χ1) is 31.3. The third kappa shape index (κ3) is 10.3. The Kier molecular flexibility index (Phi) is 12.9. The number of sulfonamides is 1. The van der Waals surface area contributed by atoms with Crippen molar-refractivity contribution >= 4 is 55.5 Å². The van der Waals surface area contributed by atoms with Crippen LogP contribution in [-0.4, -0.2) is 86.2 Å². The average molecular weight is 924 g/mol. The number of amides is 1. The molecule has 1 amide bonds. The predicted molar refractivity (Wildman–Crippen MR) is 251 cm³/mol. The van der Waals surface area contributed by atoms with E-state index >= 15 is 0 Å². The van der Waals surface area contributed by atoms with Gasteiger partial charge >= 0.3 is 0 Å². The molecular weight excluding hydrogens is 868 g/mol. The first-order valence-corrected chi connectivity index (χ1v) is 24.4. The summed E-state index contributed by atoms with van der Waals surface area (Å²) in [5, 5.41) is 13.9. The lowest BCUT2D eigenvalue weighted by Crippen LogP contribution is -2.47. The van der Waals surface area contributed by atoms with E-state index in [0.717, 1.165) is 99.8 Å². The number of nitro groups is 1. The van der Waals surface area contributed by atoms with E-state index in [9.17, 15) is 23.3 Å². The van der Waals surface area contributed by atoms with Gasteiger partial charge in [-0.25, -0.2) is 18.1 Å². The Morgan fingerprint density at radius 2 is 1.82 bits per heavy atom. The zero-order valence-corrected chi connectivity index (χ0v) is 38.4. The highest BCUT2D eigenvalue weighted by Crippen LogP contribution is 2.44. The van der Waals surface area contributed by atoms with E-state index in [1.807, 2.05) is 18.2 Å². The zero-order chi connectivity index (χ0) is 45.3. The highest BCUT2D eigenvalue weighted by Gasteiger charge is 2.34. The summed E-state index contributed by atoms with van der Waals surface area (Å²) >= 11 is 6.25. The highest BCUT2D eigenvalue weighted by molar-refractivity contribution is 7.90. The largest absolute Gasteiger partial charge is 0.493 e. The van der Waals surface area contributed by atoms with Crippen LogP contribution in [0.3, 0.4) is 0 Å². The number of fused-ring (bicyclic) bond motifs is 2. The number of ether oxygens (including phenoxy) is 3. The average Bonchev–Trinajstić information content (AvgIpc) is 3.77. The molecule has 2 N–H and O–H groups in total. The summed E-state index contributed by atoms with van der Waals surface area (Å²) in [6.45, 7) is 9.25. The van der Waals surface area contributed by atoms with Crippen LogP contribution in [0.5, 0.6) is 17.2 Å². The predicted octanol–water partition coefficient (Wildman–Crippen LogP) is 9.72. The maximum atomic E-state index is 14.1. The molecule has 14 nitrogen and oxygen atoms in total. The minimum absolute atomic E-state index is 0.0449. The Morgan fingerprint density at radius 1 is 1.03 bits per heavy atom. The number of hydrogen-bond acceptors (Lipinski definition) is 11. The molecule has 4 aliphatic rings. The van der Waals surface area contributed by atoms with Gasteiger partial charge in [-0.3, -0.25) is 19.8 Å². The molecule has 3 aromatic carbocycles. The number of halogens is 1. The first kappa shape index (κ1) is 44.7. The number of anilines is 1. The topological polar surface area (TPSA) is 169 Å². The SMILES string of the molecule is CC1(C)CCC(CN2CCN(c3ccc(C(=O)NS(=O)(=O)c4cc5c(c([N+](=O)[O-])c4)C[C@@H](COC4CCCCC4)CO5)c(Oc4cnc5[nH]ccc5c4)c3)CC2)=C(c2ccc(Cl)cc2)C1. The third-order valence-electron chi connectivity index (χ3n) is 13.3. The second-order valence-corrected chi connectivity index (χ2v) is 20.8. The number of rotatable bonds is 13.